The zero-order valence-corrected chi connectivity index (χ0v) is 9.28. The molecule has 2 rings (SSSR count). The molecule has 0 saturated heterocycles. The molecule has 0 radical (unpaired) electrons. The number of carbonyl (C=O) groups is 1. The molecule has 0 fully saturated rings. The van der Waals surface area contributed by atoms with Crippen LogP contribution in [0.25, 0.3) is 10.8 Å². The molecule has 0 aliphatic rings. The van der Waals surface area contributed by atoms with Crippen molar-refractivity contribution in [3.63, 3.8) is 0 Å². The molecule has 16 heavy (non-hydrogen) atoms. The molecule has 0 bridgehead atoms. The molecule has 3 nitrogen and oxygen atoms in total. The second-order valence-electron chi connectivity index (χ2n) is 3.35. The number of esters is 1. The van der Waals surface area contributed by atoms with Gasteiger partial charge in [-0.1, -0.05) is 17.7 Å². The monoisotopic (exact) mass is 236 g/mol. The van der Waals surface area contributed by atoms with Gasteiger partial charge in [-0.3, -0.25) is 0 Å². The summed E-state index contributed by atoms with van der Waals surface area (Å²) in [5, 5.41) is 11.8. The predicted molar refractivity (Wildman–Crippen MR) is 62.0 cm³/mol. The zero-order chi connectivity index (χ0) is 11.7. The Kier molecular flexibility index (Phi) is 2.71. The number of fused-ring (bicyclic) bond motifs is 1. The van der Waals surface area contributed by atoms with Crippen molar-refractivity contribution in [1.82, 2.24) is 0 Å². The van der Waals surface area contributed by atoms with Crippen molar-refractivity contribution >= 4 is 28.3 Å². The summed E-state index contributed by atoms with van der Waals surface area (Å²) < 4.78 is 4.56. The molecule has 0 aromatic heterocycles. The number of phenolic OH excluding ortho intramolecular Hbond substituents is 1. The molecular formula is C12H9ClO3. The summed E-state index contributed by atoms with van der Waals surface area (Å²) >= 11 is 5.85. The lowest BCUT2D eigenvalue weighted by Crippen LogP contribution is -2.01. The van der Waals surface area contributed by atoms with E-state index in [1.807, 2.05) is 0 Å². The first-order valence-corrected chi connectivity index (χ1v) is 5.00. The number of methoxy groups -OCH3 is 1. The number of carbonyl (C=O) groups excluding carboxylic acids is 1. The number of rotatable bonds is 1. The second-order valence-corrected chi connectivity index (χ2v) is 3.79. The average Bonchev–Trinajstić information content (AvgIpc) is 2.28. The van der Waals surface area contributed by atoms with Crippen molar-refractivity contribution in [2.24, 2.45) is 0 Å². The van der Waals surface area contributed by atoms with Gasteiger partial charge in [-0.15, -0.1) is 0 Å². The van der Waals surface area contributed by atoms with Crippen LogP contribution in [0.1, 0.15) is 10.4 Å². The topological polar surface area (TPSA) is 46.5 Å². The summed E-state index contributed by atoms with van der Waals surface area (Å²) in [5.74, 6) is -0.666. The number of benzene rings is 2. The predicted octanol–water partition coefficient (Wildman–Crippen LogP) is 2.99. The number of aromatic hydroxyl groups is 1. The number of halogens is 1. The van der Waals surface area contributed by atoms with Gasteiger partial charge in [0.2, 0.25) is 0 Å². The molecule has 4 heteroatoms. The normalized spacial score (nSPS) is 10.4. The molecule has 0 aliphatic carbocycles. The minimum atomic E-state index is -0.570. The van der Waals surface area contributed by atoms with Crippen molar-refractivity contribution < 1.29 is 14.6 Å². The van der Waals surface area contributed by atoms with E-state index in [4.69, 9.17) is 11.6 Å². The Morgan fingerprint density at radius 1 is 1.25 bits per heavy atom. The van der Waals surface area contributed by atoms with Gasteiger partial charge in [0.15, 0.2) is 0 Å². The van der Waals surface area contributed by atoms with E-state index in [1.54, 1.807) is 24.3 Å². The quantitative estimate of drug-likeness (QED) is 0.775. The first-order chi connectivity index (χ1) is 7.61. The van der Waals surface area contributed by atoms with Crippen LogP contribution >= 0.6 is 11.6 Å². The van der Waals surface area contributed by atoms with Crippen LogP contribution in [0.2, 0.25) is 5.02 Å². The van der Waals surface area contributed by atoms with Gasteiger partial charge in [0.1, 0.15) is 11.3 Å². The van der Waals surface area contributed by atoms with E-state index in [2.05, 4.69) is 4.74 Å². The van der Waals surface area contributed by atoms with Gasteiger partial charge in [0.25, 0.3) is 0 Å². The van der Waals surface area contributed by atoms with Gasteiger partial charge in [-0.2, -0.15) is 0 Å². The summed E-state index contributed by atoms with van der Waals surface area (Å²) in [6.07, 6.45) is 0. The lowest BCUT2D eigenvalue weighted by atomic mass is 10.1. The maximum atomic E-state index is 11.3. The van der Waals surface area contributed by atoms with E-state index in [-0.39, 0.29) is 11.3 Å². The van der Waals surface area contributed by atoms with Crippen molar-refractivity contribution in [3.05, 3.63) is 40.9 Å². The number of phenols is 1. The fourth-order valence-electron chi connectivity index (χ4n) is 1.53. The molecule has 0 atom stereocenters. The third-order valence-electron chi connectivity index (χ3n) is 2.32. The van der Waals surface area contributed by atoms with Crippen molar-refractivity contribution in [2.45, 2.75) is 0 Å². The number of hydrogen-bond acceptors (Lipinski definition) is 3. The van der Waals surface area contributed by atoms with E-state index in [9.17, 15) is 9.90 Å². The summed E-state index contributed by atoms with van der Waals surface area (Å²) in [6, 6.07) is 8.29. The molecule has 0 saturated carbocycles. The number of ether oxygens (including phenoxy) is 1. The summed E-state index contributed by atoms with van der Waals surface area (Å²) in [7, 11) is 1.27. The van der Waals surface area contributed by atoms with Gasteiger partial charge in [-0.25, -0.2) is 4.79 Å². The van der Waals surface area contributed by atoms with Gasteiger partial charge < -0.3 is 9.84 Å². The molecular weight excluding hydrogens is 228 g/mol. The third kappa shape index (κ3) is 1.82. The van der Waals surface area contributed by atoms with Gasteiger partial charge in [-0.05, 0) is 35.0 Å². The first-order valence-electron chi connectivity index (χ1n) is 4.62. The maximum absolute atomic E-state index is 11.3. The molecule has 0 aliphatic heterocycles. The highest BCUT2D eigenvalue weighted by molar-refractivity contribution is 6.31. The Balaban J connectivity index is 2.68. The van der Waals surface area contributed by atoms with Crippen LogP contribution in [0.4, 0.5) is 0 Å². The Hall–Kier alpha value is -1.74. The van der Waals surface area contributed by atoms with E-state index < -0.39 is 5.97 Å². The summed E-state index contributed by atoms with van der Waals surface area (Å²) in [5.41, 5.74) is 0.136. The minimum absolute atomic E-state index is 0.0957. The molecule has 2 aromatic carbocycles. The Labute approximate surface area is 97.2 Å². The van der Waals surface area contributed by atoms with Crippen LogP contribution < -0.4 is 0 Å². The Morgan fingerprint density at radius 3 is 2.69 bits per heavy atom. The van der Waals surface area contributed by atoms with Crippen LogP contribution in [-0.4, -0.2) is 18.2 Å². The van der Waals surface area contributed by atoms with Crippen molar-refractivity contribution in [1.29, 1.82) is 0 Å². The SMILES string of the molecule is COC(=O)c1cc2cc(Cl)ccc2cc1O. The van der Waals surface area contributed by atoms with Gasteiger partial charge >= 0.3 is 5.97 Å². The highest BCUT2D eigenvalue weighted by Crippen LogP contribution is 2.27. The fraction of sp³-hybridized carbons (Fsp3) is 0.0833. The molecule has 82 valence electrons. The molecule has 1 N–H and O–H groups in total. The van der Waals surface area contributed by atoms with Gasteiger partial charge in [0, 0.05) is 5.02 Å². The fourth-order valence-corrected chi connectivity index (χ4v) is 1.71. The first kappa shape index (κ1) is 10.8. The van der Waals surface area contributed by atoms with Crippen LogP contribution in [0.3, 0.4) is 0 Å². The molecule has 0 heterocycles. The zero-order valence-electron chi connectivity index (χ0n) is 8.53. The minimum Gasteiger partial charge on any atom is -0.507 e. The molecule has 2 aromatic rings. The molecule has 0 spiro atoms. The average molecular weight is 237 g/mol. The van der Waals surface area contributed by atoms with E-state index in [1.165, 1.54) is 13.2 Å². The molecule has 0 amide bonds. The van der Waals surface area contributed by atoms with E-state index >= 15 is 0 Å². The third-order valence-corrected chi connectivity index (χ3v) is 2.56. The van der Waals surface area contributed by atoms with Crippen LogP contribution in [0, 0.1) is 0 Å². The van der Waals surface area contributed by atoms with Crippen molar-refractivity contribution in [2.75, 3.05) is 7.11 Å². The molecule has 0 unspecified atom stereocenters. The van der Waals surface area contributed by atoms with Crippen LogP contribution in [0.5, 0.6) is 5.75 Å². The lowest BCUT2D eigenvalue weighted by molar-refractivity contribution is 0.0597. The standard InChI is InChI=1S/C12H9ClO3/c1-16-12(15)10-5-8-4-9(13)3-2-7(8)6-11(10)14/h2-6,14H,1H3. The van der Waals surface area contributed by atoms with E-state index in [0.29, 0.717) is 5.02 Å². The summed E-state index contributed by atoms with van der Waals surface area (Å²) in [4.78, 5) is 11.3. The van der Waals surface area contributed by atoms with Crippen molar-refractivity contribution in [3.8, 4) is 5.75 Å². The van der Waals surface area contributed by atoms with E-state index in [0.717, 1.165) is 10.8 Å². The number of hydrogen-bond donors (Lipinski definition) is 1. The lowest BCUT2D eigenvalue weighted by Gasteiger charge is -2.05. The van der Waals surface area contributed by atoms with Crippen LogP contribution in [-0.2, 0) is 4.74 Å². The second kappa shape index (κ2) is 4.02. The largest absolute Gasteiger partial charge is 0.507 e. The van der Waals surface area contributed by atoms with Crippen LogP contribution in [0.15, 0.2) is 30.3 Å². The Bertz CT molecular complexity index is 563. The summed E-state index contributed by atoms with van der Waals surface area (Å²) in [6.45, 7) is 0. The maximum Gasteiger partial charge on any atom is 0.341 e. The highest BCUT2D eigenvalue weighted by Gasteiger charge is 2.12. The van der Waals surface area contributed by atoms with Gasteiger partial charge in [0.05, 0.1) is 7.11 Å². The smallest absolute Gasteiger partial charge is 0.341 e. The highest BCUT2D eigenvalue weighted by atomic mass is 35.5. The Morgan fingerprint density at radius 2 is 2.00 bits per heavy atom.